The van der Waals surface area contributed by atoms with Crippen molar-refractivity contribution in [1.29, 1.82) is 0 Å². The van der Waals surface area contributed by atoms with Crippen LogP contribution in [0.5, 0.6) is 5.75 Å². The third-order valence-corrected chi connectivity index (χ3v) is 4.82. The molecule has 0 saturated heterocycles. The quantitative estimate of drug-likeness (QED) is 0.204. The van der Waals surface area contributed by atoms with Crippen LogP contribution in [-0.4, -0.2) is 29.6 Å². The Hall–Kier alpha value is -2.56. The van der Waals surface area contributed by atoms with Crippen LogP contribution < -0.4 is 5.32 Å². The van der Waals surface area contributed by atoms with Crippen molar-refractivity contribution in [2.24, 2.45) is 5.92 Å². The standard InChI is InChI=1S/C25H37NO4/c1-5-7-8-9-10-19(3)17-20(4)11-16-24(28)26-23(25(29)30-6-2)18-21-12-14-22(27)15-13-21/h11-17,19,23,27H,5-10,18H2,1-4H3,(H,26,28)/b16-11+,20-17+/t19-,23+/m1/s1. The highest BCUT2D eigenvalue weighted by Gasteiger charge is 2.21. The lowest BCUT2D eigenvalue weighted by atomic mass is 10.00. The van der Waals surface area contributed by atoms with Crippen LogP contribution >= 0.6 is 0 Å². The van der Waals surface area contributed by atoms with Crippen molar-refractivity contribution >= 4 is 11.9 Å². The van der Waals surface area contributed by atoms with Gasteiger partial charge < -0.3 is 15.2 Å². The Morgan fingerprint density at radius 2 is 1.80 bits per heavy atom. The summed E-state index contributed by atoms with van der Waals surface area (Å²) in [5.74, 6) is -0.188. The Labute approximate surface area is 181 Å². The maximum Gasteiger partial charge on any atom is 0.328 e. The number of esters is 1. The van der Waals surface area contributed by atoms with E-state index < -0.39 is 12.0 Å². The van der Waals surface area contributed by atoms with Gasteiger partial charge in [-0.1, -0.05) is 69.4 Å². The zero-order chi connectivity index (χ0) is 22.4. The summed E-state index contributed by atoms with van der Waals surface area (Å²) in [5.41, 5.74) is 1.85. The Balaban J connectivity index is 2.65. The van der Waals surface area contributed by atoms with E-state index in [1.54, 1.807) is 37.3 Å². The van der Waals surface area contributed by atoms with E-state index in [1.165, 1.54) is 31.8 Å². The van der Waals surface area contributed by atoms with Gasteiger partial charge in [-0.15, -0.1) is 0 Å². The van der Waals surface area contributed by atoms with Gasteiger partial charge in [0.2, 0.25) is 5.91 Å². The number of aromatic hydroxyl groups is 1. The van der Waals surface area contributed by atoms with Gasteiger partial charge in [0.1, 0.15) is 11.8 Å². The molecule has 30 heavy (non-hydrogen) atoms. The van der Waals surface area contributed by atoms with Crippen molar-refractivity contribution in [3.8, 4) is 5.75 Å². The van der Waals surface area contributed by atoms with Crippen LogP contribution in [0, 0.1) is 5.92 Å². The summed E-state index contributed by atoms with van der Waals surface area (Å²) in [7, 11) is 0. The normalized spacial score (nSPS) is 13.8. The second kappa shape index (κ2) is 14.4. The molecule has 1 rings (SSSR count). The molecule has 0 unspecified atom stereocenters. The Bertz CT molecular complexity index is 706. The number of allylic oxidation sites excluding steroid dienone is 3. The van der Waals surface area contributed by atoms with Crippen LogP contribution in [0.25, 0.3) is 0 Å². The monoisotopic (exact) mass is 415 g/mol. The number of phenolic OH excluding ortho intramolecular Hbond substituents is 1. The first kappa shape index (κ1) is 25.5. The van der Waals surface area contributed by atoms with Gasteiger partial charge in [0.25, 0.3) is 0 Å². The van der Waals surface area contributed by atoms with Crippen molar-refractivity contribution in [2.75, 3.05) is 6.61 Å². The zero-order valence-electron chi connectivity index (χ0n) is 18.8. The largest absolute Gasteiger partial charge is 0.508 e. The number of nitrogens with one attached hydrogen (secondary N) is 1. The van der Waals surface area contributed by atoms with Crippen molar-refractivity contribution in [3.63, 3.8) is 0 Å². The van der Waals surface area contributed by atoms with E-state index in [2.05, 4.69) is 25.2 Å². The second-order valence-electron chi connectivity index (χ2n) is 7.75. The molecule has 0 aromatic heterocycles. The van der Waals surface area contributed by atoms with Gasteiger partial charge in [0.05, 0.1) is 6.61 Å². The molecule has 5 nitrogen and oxygen atoms in total. The summed E-state index contributed by atoms with van der Waals surface area (Å²) in [5, 5.41) is 12.1. The van der Waals surface area contributed by atoms with Crippen molar-refractivity contribution < 1.29 is 19.4 Å². The molecule has 5 heteroatoms. The fraction of sp³-hybridized carbons (Fsp3) is 0.520. The van der Waals surface area contributed by atoms with E-state index in [0.717, 1.165) is 17.6 Å². The fourth-order valence-electron chi connectivity index (χ4n) is 3.21. The lowest BCUT2D eigenvalue weighted by Crippen LogP contribution is -2.42. The number of carbonyl (C=O) groups is 2. The molecule has 2 N–H and O–H groups in total. The molecule has 0 radical (unpaired) electrons. The zero-order valence-corrected chi connectivity index (χ0v) is 18.8. The number of hydrogen-bond acceptors (Lipinski definition) is 4. The van der Waals surface area contributed by atoms with E-state index in [9.17, 15) is 14.7 Å². The van der Waals surface area contributed by atoms with Crippen molar-refractivity contribution in [1.82, 2.24) is 5.32 Å². The molecule has 0 saturated carbocycles. The SMILES string of the molecule is CCCCCC[C@@H](C)/C=C(C)/C=C/C(=O)N[C@@H](Cc1ccc(O)cc1)C(=O)OCC. The Kier molecular flexibility index (Phi) is 12.3. The summed E-state index contributed by atoms with van der Waals surface area (Å²) in [6, 6.07) is 5.76. The Morgan fingerprint density at radius 1 is 1.10 bits per heavy atom. The number of rotatable bonds is 13. The van der Waals surface area contributed by atoms with Gasteiger partial charge in [-0.2, -0.15) is 0 Å². The molecule has 1 aromatic carbocycles. The molecule has 2 atom stereocenters. The topological polar surface area (TPSA) is 75.6 Å². The number of carbonyl (C=O) groups excluding carboxylic acids is 2. The number of phenols is 1. The molecule has 1 amide bonds. The first-order chi connectivity index (χ1) is 14.3. The maximum absolute atomic E-state index is 12.4. The van der Waals surface area contributed by atoms with Crippen LogP contribution in [0.15, 0.2) is 48.1 Å². The summed E-state index contributed by atoms with van der Waals surface area (Å²) >= 11 is 0. The highest BCUT2D eigenvalue weighted by molar-refractivity contribution is 5.91. The van der Waals surface area contributed by atoms with Crippen LogP contribution in [-0.2, 0) is 20.7 Å². The van der Waals surface area contributed by atoms with Crippen LogP contribution in [0.4, 0.5) is 0 Å². The summed E-state index contributed by atoms with van der Waals surface area (Å²) in [6.07, 6.45) is 11.9. The summed E-state index contributed by atoms with van der Waals surface area (Å²) < 4.78 is 5.10. The average molecular weight is 416 g/mol. The van der Waals surface area contributed by atoms with Gasteiger partial charge in [-0.3, -0.25) is 4.79 Å². The van der Waals surface area contributed by atoms with Gasteiger partial charge in [-0.25, -0.2) is 4.79 Å². The minimum atomic E-state index is -0.784. The molecular weight excluding hydrogens is 378 g/mol. The number of unbranched alkanes of at least 4 members (excludes halogenated alkanes) is 3. The van der Waals surface area contributed by atoms with Gasteiger partial charge in [-0.05, 0) is 43.9 Å². The molecule has 1 aromatic rings. The van der Waals surface area contributed by atoms with Gasteiger partial charge in [0.15, 0.2) is 0 Å². The molecular formula is C25H37NO4. The first-order valence-corrected chi connectivity index (χ1v) is 11.0. The van der Waals surface area contributed by atoms with E-state index in [-0.39, 0.29) is 18.3 Å². The minimum absolute atomic E-state index is 0.153. The van der Waals surface area contributed by atoms with Crippen LogP contribution in [0.1, 0.15) is 65.4 Å². The van der Waals surface area contributed by atoms with E-state index in [4.69, 9.17) is 4.74 Å². The maximum atomic E-state index is 12.4. The van der Waals surface area contributed by atoms with Crippen LogP contribution in [0.2, 0.25) is 0 Å². The first-order valence-electron chi connectivity index (χ1n) is 11.0. The predicted molar refractivity (Wildman–Crippen MR) is 121 cm³/mol. The van der Waals surface area contributed by atoms with Gasteiger partial charge >= 0.3 is 5.97 Å². The molecule has 166 valence electrons. The van der Waals surface area contributed by atoms with E-state index in [0.29, 0.717) is 12.3 Å². The van der Waals surface area contributed by atoms with Crippen molar-refractivity contribution in [2.45, 2.75) is 72.3 Å². The number of hydrogen-bond donors (Lipinski definition) is 2. The minimum Gasteiger partial charge on any atom is -0.508 e. The van der Waals surface area contributed by atoms with Gasteiger partial charge in [0, 0.05) is 12.5 Å². The highest BCUT2D eigenvalue weighted by Crippen LogP contribution is 2.14. The third kappa shape index (κ3) is 10.8. The number of ether oxygens (including phenoxy) is 1. The average Bonchev–Trinajstić information content (AvgIpc) is 2.71. The molecule has 0 aliphatic carbocycles. The summed E-state index contributed by atoms with van der Waals surface area (Å²) in [4.78, 5) is 24.6. The number of benzene rings is 1. The third-order valence-electron chi connectivity index (χ3n) is 4.82. The Morgan fingerprint density at radius 3 is 2.43 bits per heavy atom. The summed E-state index contributed by atoms with van der Waals surface area (Å²) in [6.45, 7) is 8.35. The predicted octanol–water partition coefficient (Wildman–Crippen LogP) is 5.09. The molecule has 0 aliphatic heterocycles. The second-order valence-corrected chi connectivity index (χ2v) is 7.75. The fourth-order valence-corrected chi connectivity index (χ4v) is 3.21. The van der Waals surface area contributed by atoms with Crippen LogP contribution in [0.3, 0.4) is 0 Å². The smallest absolute Gasteiger partial charge is 0.328 e. The molecule has 0 aliphatic rings. The van der Waals surface area contributed by atoms with E-state index >= 15 is 0 Å². The molecule has 0 heterocycles. The molecule has 0 bridgehead atoms. The number of amides is 1. The van der Waals surface area contributed by atoms with E-state index in [1.807, 2.05) is 6.92 Å². The molecule has 0 spiro atoms. The highest BCUT2D eigenvalue weighted by atomic mass is 16.5. The lowest BCUT2D eigenvalue weighted by Gasteiger charge is -2.16. The van der Waals surface area contributed by atoms with Crippen molar-refractivity contribution in [3.05, 3.63) is 53.6 Å². The lowest BCUT2D eigenvalue weighted by molar-refractivity contribution is -0.146. The molecule has 0 fully saturated rings.